The summed E-state index contributed by atoms with van der Waals surface area (Å²) < 4.78 is 34.5. The van der Waals surface area contributed by atoms with Crippen molar-refractivity contribution in [1.29, 1.82) is 0 Å². The van der Waals surface area contributed by atoms with Crippen LogP contribution in [0, 0.1) is 26.7 Å². The molecule has 2 aromatic heterocycles. The number of benzene rings is 1. The van der Waals surface area contributed by atoms with Crippen LogP contribution >= 0.6 is 0 Å². The van der Waals surface area contributed by atoms with Gasteiger partial charge in [0.05, 0.1) is 5.92 Å². The SMILES string of the molecule is Cc1ccc(C)c(/C=C/c2onc(C)c2S(=O)(=O)N2CCCC(C(=O)N3CCN(c4ccccn4)CC3)C2)c1. The molecule has 0 bridgehead atoms. The van der Waals surface area contributed by atoms with Crippen molar-refractivity contribution in [1.82, 2.24) is 19.3 Å². The molecule has 0 radical (unpaired) electrons. The van der Waals surface area contributed by atoms with Crippen LogP contribution < -0.4 is 4.90 Å². The lowest BCUT2D eigenvalue weighted by Crippen LogP contribution is -2.53. The number of piperazine rings is 1. The minimum absolute atomic E-state index is 0.0210. The second kappa shape index (κ2) is 11.3. The summed E-state index contributed by atoms with van der Waals surface area (Å²) in [6, 6.07) is 11.9. The van der Waals surface area contributed by atoms with Crippen molar-refractivity contribution in [2.45, 2.75) is 38.5 Å². The highest BCUT2D eigenvalue weighted by atomic mass is 32.2. The molecule has 4 heterocycles. The highest BCUT2D eigenvalue weighted by Crippen LogP contribution is 2.30. The number of pyridine rings is 1. The van der Waals surface area contributed by atoms with E-state index in [4.69, 9.17) is 4.52 Å². The van der Waals surface area contributed by atoms with Crippen LogP contribution in [0.3, 0.4) is 0 Å². The minimum atomic E-state index is -3.91. The fraction of sp³-hybridized carbons (Fsp3) is 0.414. The first kappa shape index (κ1) is 27.1. The van der Waals surface area contributed by atoms with E-state index in [-0.39, 0.29) is 29.0 Å². The van der Waals surface area contributed by atoms with Crippen molar-refractivity contribution in [2.24, 2.45) is 5.92 Å². The molecule has 0 spiro atoms. The number of amides is 1. The Labute approximate surface area is 230 Å². The molecule has 1 atom stereocenters. The normalized spacial score (nSPS) is 19.1. The number of hydrogen-bond donors (Lipinski definition) is 0. The van der Waals surface area contributed by atoms with Gasteiger partial charge < -0.3 is 14.3 Å². The average molecular weight is 550 g/mol. The van der Waals surface area contributed by atoms with Crippen LogP contribution in [0.15, 0.2) is 52.0 Å². The minimum Gasteiger partial charge on any atom is -0.355 e. The molecule has 9 nitrogen and oxygen atoms in total. The van der Waals surface area contributed by atoms with E-state index in [0.717, 1.165) is 22.5 Å². The first-order valence-electron chi connectivity index (χ1n) is 13.4. The van der Waals surface area contributed by atoms with Crippen LogP contribution in [0.4, 0.5) is 5.82 Å². The maximum absolute atomic E-state index is 13.8. The van der Waals surface area contributed by atoms with E-state index in [9.17, 15) is 13.2 Å². The Morgan fingerprint density at radius 3 is 2.56 bits per heavy atom. The first-order chi connectivity index (χ1) is 18.7. The lowest BCUT2D eigenvalue weighted by molar-refractivity contribution is -0.137. The van der Waals surface area contributed by atoms with Crippen LogP contribution in [0.25, 0.3) is 12.2 Å². The Morgan fingerprint density at radius 2 is 1.82 bits per heavy atom. The van der Waals surface area contributed by atoms with Gasteiger partial charge in [-0.05, 0) is 62.9 Å². The zero-order valence-electron chi connectivity index (χ0n) is 22.7. The molecule has 0 saturated carbocycles. The summed E-state index contributed by atoms with van der Waals surface area (Å²) in [7, 11) is -3.91. The summed E-state index contributed by atoms with van der Waals surface area (Å²) in [5.74, 6) is 0.759. The third-order valence-electron chi connectivity index (χ3n) is 7.58. The predicted octanol–water partition coefficient (Wildman–Crippen LogP) is 3.91. The van der Waals surface area contributed by atoms with E-state index in [1.165, 1.54) is 4.31 Å². The topological polar surface area (TPSA) is 99.8 Å². The second-order valence-electron chi connectivity index (χ2n) is 10.4. The largest absolute Gasteiger partial charge is 0.355 e. The molecule has 1 amide bonds. The van der Waals surface area contributed by atoms with Gasteiger partial charge in [0.15, 0.2) is 10.7 Å². The monoisotopic (exact) mass is 549 g/mol. The number of nitrogens with zero attached hydrogens (tertiary/aromatic N) is 5. The number of piperidine rings is 1. The van der Waals surface area contributed by atoms with Gasteiger partial charge >= 0.3 is 0 Å². The third-order valence-corrected chi connectivity index (χ3v) is 9.60. The summed E-state index contributed by atoms with van der Waals surface area (Å²) in [5.41, 5.74) is 3.49. The number of carbonyl (C=O) groups is 1. The summed E-state index contributed by atoms with van der Waals surface area (Å²) in [6.45, 7) is 8.77. The first-order valence-corrected chi connectivity index (χ1v) is 14.8. The highest BCUT2D eigenvalue weighted by molar-refractivity contribution is 7.89. The van der Waals surface area contributed by atoms with Gasteiger partial charge in [-0.25, -0.2) is 13.4 Å². The van der Waals surface area contributed by atoms with Gasteiger partial charge in [-0.15, -0.1) is 0 Å². The van der Waals surface area contributed by atoms with Crippen LogP contribution in [0.5, 0.6) is 0 Å². The number of anilines is 1. The van der Waals surface area contributed by atoms with E-state index in [2.05, 4.69) is 15.0 Å². The Balaban J connectivity index is 1.29. The molecule has 206 valence electrons. The molecule has 0 aliphatic carbocycles. The number of rotatable bonds is 6. The van der Waals surface area contributed by atoms with Crippen molar-refractivity contribution in [3.8, 4) is 0 Å². The molecule has 3 aromatic rings. The van der Waals surface area contributed by atoms with E-state index >= 15 is 0 Å². The average Bonchev–Trinajstić information content (AvgIpc) is 3.34. The van der Waals surface area contributed by atoms with Crippen molar-refractivity contribution >= 4 is 33.9 Å². The molecule has 2 saturated heterocycles. The molecule has 0 N–H and O–H groups in total. The maximum atomic E-state index is 13.8. The quantitative estimate of drug-likeness (QED) is 0.460. The van der Waals surface area contributed by atoms with Crippen molar-refractivity contribution in [2.75, 3.05) is 44.2 Å². The van der Waals surface area contributed by atoms with E-state index in [1.54, 1.807) is 19.2 Å². The predicted molar refractivity (Wildman–Crippen MR) is 151 cm³/mol. The van der Waals surface area contributed by atoms with E-state index < -0.39 is 10.0 Å². The lowest BCUT2D eigenvalue weighted by Gasteiger charge is -2.39. The van der Waals surface area contributed by atoms with Crippen molar-refractivity contribution in [3.63, 3.8) is 0 Å². The lowest BCUT2D eigenvalue weighted by atomic mass is 9.98. The zero-order chi connectivity index (χ0) is 27.6. The fourth-order valence-corrected chi connectivity index (χ4v) is 7.12. The number of carbonyl (C=O) groups excluding carboxylic acids is 1. The van der Waals surface area contributed by atoms with Gasteiger partial charge in [0.1, 0.15) is 11.5 Å². The number of hydrogen-bond acceptors (Lipinski definition) is 7. The molecule has 2 aliphatic heterocycles. The second-order valence-corrected chi connectivity index (χ2v) is 12.2. The van der Waals surface area contributed by atoms with Gasteiger partial charge in [-0.1, -0.05) is 41.1 Å². The van der Waals surface area contributed by atoms with Gasteiger partial charge in [-0.2, -0.15) is 4.31 Å². The Morgan fingerprint density at radius 1 is 1.03 bits per heavy atom. The molecule has 1 unspecified atom stereocenters. The number of aryl methyl sites for hydroxylation is 3. The molecule has 2 fully saturated rings. The Kier molecular flexibility index (Phi) is 7.86. The number of aromatic nitrogens is 2. The molecular weight excluding hydrogens is 514 g/mol. The van der Waals surface area contributed by atoms with E-state index in [0.29, 0.717) is 51.3 Å². The molecule has 2 aliphatic rings. The molecule has 10 heteroatoms. The van der Waals surface area contributed by atoms with Gasteiger partial charge in [0.2, 0.25) is 15.9 Å². The zero-order valence-corrected chi connectivity index (χ0v) is 23.5. The maximum Gasteiger partial charge on any atom is 0.248 e. The highest BCUT2D eigenvalue weighted by Gasteiger charge is 2.38. The van der Waals surface area contributed by atoms with Crippen LogP contribution in [0.1, 0.15) is 41.0 Å². The smallest absolute Gasteiger partial charge is 0.248 e. The van der Waals surface area contributed by atoms with Crippen LogP contribution in [0.2, 0.25) is 0 Å². The fourth-order valence-electron chi connectivity index (χ4n) is 5.35. The molecule has 39 heavy (non-hydrogen) atoms. The molecular formula is C29H35N5O4S. The Hall–Kier alpha value is -3.50. The summed E-state index contributed by atoms with van der Waals surface area (Å²) in [5, 5.41) is 3.97. The van der Waals surface area contributed by atoms with Crippen LogP contribution in [-0.4, -0.2) is 72.9 Å². The summed E-state index contributed by atoms with van der Waals surface area (Å²) >= 11 is 0. The number of sulfonamides is 1. The van der Waals surface area contributed by atoms with Crippen molar-refractivity contribution in [3.05, 3.63) is 70.7 Å². The van der Waals surface area contributed by atoms with Gasteiger partial charge in [0.25, 0.3) is 0 Å². The van der Waals surface area contributed by atoms with Crippen molar-refractivity contribution < 1.29 is 17.7 Å². The summed E-state index contributed by atoms with van der Waals surface area (Å²) in [4.78, 5) is 21.9. The molecule has 5 rings (SSSR count). The van der Waals surface area contributed by atoms with E-state index in [1.807, 2.05) is 61.2 Å². The standard InChI is InChI=1S/C29H35N5O4S/c1-21-9-10-22(2)24(19-21)11-12-26-28(23(3)31-38-26)39(36,37)34-14-6-7-25(20-34)29(35)33-17-15-32(16-18-33)27-8-4-5-13-30-27/h4-5,8-13,19,25H,6-7,14-18,20H2,1-3H3/b12-11+. The molecule has 1 aromatic carbocycles. The Bertz CT molecular complexity index is 1460. The van der Waals surface area contributed by atoms with Crippen LogP contribution in [-0.2, 0) is 14.8 Å². The van der Waals surface area contributed by atoms with Gasteiger partial charge in [-0.3, -0.25) is 4.79 Å². The third kappa shape index (κ3) is 5.77. The summed E-state index contributed by atoms with van der Waals surface area (Å²) in [6.07, 6.45) is 6.59. The van der Waals surface area contributed by atoms with Gasteiger partial charge in [0, 0.05) is 45.5 Å².